The van der Waals surface area contributed by atoms with Crippen molar-refractivity contribution in [1.82, 2.24) is 24.9 Å². The molecular formula is C26H35N5O5. The van der Waals surface area contributed by atoms with Crippen LogP contribution in [0.25, 0.3) is 11.4 Å². The lowest BCUT2D eigenvalue weighted by Crippen LogP contribution is -2.36. The molecule has 0 aromatic carbocycles. The molecule has 3 atom stereocenters. The van der Waals surface area contributed by atoms with Gasteiger partial charge in [-0.05, 0) is 76.3 Å². The molecule has 3 aliphatic rings. The summed E-state index contributed by atoms with van der Waals surface area (Å²) in [6.07, 6.45) is 6.86. The van der Waals surface area contributed by atoms with Crippen molar-refractivity contribution in [3.05, 3.63) is 23.5 Å². The smallest absolute Gasteiger partial charge is 0.410 e. The van der Waals surface area contributed by atoms with E-state index < -0.39 is 5.97 Å². The number of carboxylic acids is 1. The summed E-state index contributed by atoms with van der Waals surface area (Å²) >= 11 is 0. The molecule has 1 unspecified atom stereocenters. The quantitative estimate of drug-likeness (QED) is 0.549. The highest BCUT2D eigenvalue weighted by Crippen LogP contribution is 2.45. The van der Waals surface area contributed by atoms with E-state index in [9.17, 15) is 14.7 Å². The molecule has 3 saturated carbocycles. The molecular weight excluding hydrogens is 462 g/mol. The molecule has 0 radical (unpaired) electrons. The first kappa shape index (κ1) is 24.5. The maximum absolute atomic E-state index is 12.6. The van der Waals surface area contributed by atoms with E-state index in [1.165, 1.54) is 0 Å². The number of nitrogens with zero attached hydrogens (tertiary/aromatic N) is 5. The van der Waals surface area contributed by atoms with E-state index in [4.69, 9.17) is 14.5 Å². The van der Waals surface area contributed by atoms with E-state index in [2.05, 4.69) is 17.2 Å². The highest BCUT2D eigenvalue weighted by Gasteiger charge is 2.34. The number of aromatic nitrogens is 4. The van der Waals surface area contributed by atoms with Crippen molar-refractivity contribution < 1.29 is 24.2 Å². The molecule has 5 rings (SSSR count). The van der Waals surface area contributed by atoms with Crippen LogP contribution >= 0.6 is 0 Å². The summed E-state index contributed by atoms with van der Waals surface area (Å²) in [4.78, 5) is 30.6. The fourth-order valence-corrected chi connectivity index (χ4v) is 5.03. The van der Waals surface area contributed by atoms with Crippen molar-refractivity contribution >= 4 is 12.1 Å². The molecule has 0 saturated heterocycles. The molecule has 1 N–H and O–H groups in total. The fraction of sp³-hybridized carbons (Fsp3) is 0.654. The first-order valence-electron chi connectivity index (χ1n) is 13.0. The number of carbonyl (C=O) groups excluding carboxylic acids is 1. The molecule has 10 heteroatoms. The molecule has 1 amide bonds. The van der Waals surface area contributed by atoms with Crippen molar-refractivity contribution in [3.63, 3.8) is 0 Å². The van der Waals surface area contributed by atoms with Crippen molar-refractivity contribution in [2.75, 3.05) is 7.05 Å². The summed E-state index contributed by atoms with van der Waals surface area (Å²) < 4.78 is 13.5. The lowest BCUT2D eigenvalue weighted by atomic mass is 9.87. The molecule has 0 spiro atoms. The average molecular weight is 498 g/mol. The standard InChI is InChI=1S/C26H35N5O5/c1-15(16-7-8-16)30(2)26(34)35-14-21-24(28-29-31(21)3)20-11-12-22(23(27-20)17-9-10-17)36-19-6-4-5-18(13-19)25(32)33/h11-12,15-19H,4-10,13-14H2,1-3H3,(H,32,33)/t15?,18-,19-/m0/s1. The second kappa shape index (κ2) is 10.1. The Hall–Kier alpha value is -3.17. The zero-order valence-electron chi connectivity index (χ0n) is 21.2. The number of pyridine rings is 1. The van der Waals surface area contributed by atoms with Gasteiger partial charge in [0, 0.05) is 26.1 Å². The number of ether oxygens (including phenoxy) is 2. The average Bonchev–Trinajstić information content (AvgIpc) is 3.80. The summed E-state index contributed by atoms with van der Waals surface area (Å²) in [5, 5.41) is 17.9. The van der Waals surface area contributed by atoms with Crippen molar-refractivity contribution in [2.45, 2.75) is 83.0 Å². The van der Waals surface area contributed by atoms with Gasteiger partial charge in [-0.1, -0.05) is 5.21 Å². The van der Waals surface area contributed by atoms with Crippen LogP contribution in [0.4, 0.5) is 4.79 Å². The van der Waals surface area contributed by atoms with Gasteiger partial charge in [0.2, 0.25) is 0 Å². The number of hydrogen-bond acceptors (Lipinski definition) is 7. The number of rotatable bonds is 9. The summed E-state index contributed by atoms with van der Waals surface area (Å²) in [6.45, 7) is 2.11. The fourth-order valence-electron chi connectivity index (χ4n) is 5.03. The number of aliphatic carboxylic acids is 1. The lowest BCUT2D eigenvalue weighted by molar-refractivity contribution is -0.143. The van der Waals surface area contributed by atoms with Gasteiger partial charge in [-0.25, -0.2) is 14.5 Å². The predicted octanol–water partition coefficient (Wildman–Crippen LogP) is 4.14. The van der Waals surface area contributed by atoms with Crippen molar-refractivity contribution in [1.29, 1.82) is 0 Å². The molecule has 194 valence electrons. The van der Waals surface area contributed by atoms with Gasteiger partial charge in [0.1, 0.15) is 23.7 Å². The van der Waals surface area contributed by atoms with Gasteiger partial charge in [-0.2, -0.15) is 0 Å². The second-order valence-electron chi connectivity index (χ2n) is 10.5. The van der Waals surface area contributed by atoms with Crippen LogP contribution in [0.15, 0.2) is 12.1 Å². The molecule has 0 bridgehead atoms. The van der Waals surface area contributed by atoms with E-state index in [0.29, 0.717) is 41.8 Å². The third-order valence-corrected chi connectivity index (χ3v) is 7.84. The topological polar surface area (TPSA) is 120 Å². The molecule has 10 nitrogen and oxygen atoms in total. The minimum atomic E-state index is -0.747. The monoisotopic (exact) mass is 497 g/mol. The first-order chi connectivity index (χ1) is 17.3. The van der Waals surface area contributed by atoms with Gasteiger partial charge in [0.25, 0.3) is 0 Å². The number of amides is 1. The summed E-state index contributed by atoms with van der Waals surface area (Å²) in [5.41, 5.74) is 2.81. The van der Waals surface area contributed by atoms with Crippen LogP contribution in [0, 0.1) is 11.8 Å². The molecule has 2 heterocycles. The van der Waals surface area contributed by atoms with Crippen LogP contribution in [-0.4, -0.2) is 61.2 Å². The van der Waals surface area contributed by atoms with Crippen molar-refractivity contribution in [2.24, 2.45) is 18.9 Å². The van der Waals surface area contributed by atoms with Gasteiger partial charge in [0.15, 0.2) is 0 Å². The zero-order valence-corrected chi connectivity index (χ0v) is 21.2. The normalized spacial score (nSPS) is 22.6. The molecule has 3 fully saturated rings. The molecule has 0 aliphatic heterocycles. The van der Waals surface area contributed by atoms with E-state index in [-0.39, 0.29) is 30.8 Å². The van der Waals surface area contributed by atoms with Gasteiger partial charge < -0.3 is 19.5 Å². The lowest BCUT2D eigenvalue weighted by Gasteiger charge is -2.28. The number of aryl methyl sites for hydroxylation is 1. The van der Waals surface area contributed by atoms with Gasteiger partial charge >= 0.3 is 12.1 Å². The van der Waals surface area contributed by atoms with Gasteiger partial charge in [-0.15, -0.1) is 5.10 Å². The van der Waals surface area contributed by atoms with E-state index >= 15 is 0 Å². The first-order valence-corrected chi connectivity index (χ1v) is 13.0. The third kappa shape index (κ3) is 5.32. The van der Waals surface area contributed by atoms with Crippen molar-refractivity contribution in [3.8, 4) is 17.1 Å². The largest absolute Gasteiger partial charge is 0.488 e. The Kier molecular flexibility index (Phi) is 6.85. The molecule has 2 aromatic rings. The number of carbonyl (C=O) groups is 2. The Labute approximate surface area is 211 Å². The van der Waals surface area contributed by atoms with E-state index in [1.54, 1.807) is 23.7 Å². The molecule has 3 aliphatic carbocycles. The Balaban J connectivity index is 1.31. The summed E-state index contributed by atoms with van der Waals surface area (Å²) in [7, 11) is 3.55. The SMILES string of the molecule is CC(C1CC1)N(C)C(=O)OCc1c(-c2ccc(O[C@H]3CCC[C@H](C(=O)O)C3)c(C3CC3)n2)nnn1C. The second-order valence-corrected chi connectivity index (χ2v) is 10.5. The maximum atomic E-state index is 12.6. The minimum absolute atomic E-state index is 0.0523. The minimum Gasteiger partial charge on any atom is -0.488 e. The highest BCUT2D eigenvalue weighted by atomic mass is 16.6. The maximum Gasteiger partial charge on any atom is 0.410 e. The summed E-state index contributed by atoms with van der Waals surface area (Å²) in [6, 6.07) is 3.93. The van der Waals surface area contributed by atoms with Crippen LogP contribution in [0.3, 0.4) is 0 Å². The van der Waals surface area contributed by atoms with Crippen LogP contribution < -0.4 is 4.74 Å². The van der Waals surface area contributed by atoms with E-state index in [0.717, 1.165) is 50.0 Å². The van der Waals surface area contributed by atoms with Crippen LogP contribution in [-0.2, 0) is 23.2 Å². The highest BCUT2D eigenvalue weighted by molar-refractivity contribution is 5.70. The number of carboxylic acid groups (broad SMARTS) is 1. The van der Waals surface area contributed by atoms with Gasteiger partial charge in [0.05, 0.1) is 23.4 Å². The predicted molar refractivity (Wildman–Crippen MR) is 130 cm³/mol. The Morgan fingerprint density at radius 3 is 2.67 bits per heavy atom. The Bertz CT molecular complexity index is 1130. The Morgan fingerprint density at radius 1 is 1.19 bits per heavy atom. The van der Waals surface area contributed by atoms with E-state index in [1.807, 2.05) is 12.1 Å². The van der Waals surface area contributed by atoms with Crippen LogP contribution in [0.2, 0.25) is 0 Å². The third-order valence-electron chi connectivity index (χ3n) is 7.84. The molecule has 36 heavy (non-hydrogen) atoms. The summed E-state index contributed by atoms with van der Waals surface area (Å²) in [5.74, 6) is 0.518. The molecule has 2 aromatic heterocycles. The van der Waals surface area contributed by atoms with Crippen LogP contribution in [0.5, 0.6) is 5.75 Å². The number of hydrogen-bond donors (Lipinski definition) is 1. The van der Waals surface area contributed by atoms with Gasteiger partial charge in [-0.3, -0.25) is 4.79 Å². The zero-order chi connectivity index (χ0) is 25.4. The van der Waals surface area contributed by atoms with Crippen LogP contribution in [0.1, 0.15) is 75.6 Å². The Morgan fingerprint density at radius 2 is 1.97 bits per heavy atom.